The molecule has 6 heteroatoms. The molecule has 21 heavy (non-hydrogen) atoms. The fourth-order valence-corrected chi connectivity index (χ4v) is 2.87. The van der Waals surface area contributed by atoms with Crippen LogP contribution in [0.25, 0.3) is 11.5 Å². The van der Waals surface area contributed by atoms with E-state index in [1.54, 1.807) is 18.2 Å². The van der Waals surface area contributed by atoms with Gasteiger partial charge in [0.1, 0.15) is 0 Å². The van der Waals surface area contributed by atoms with Gasteiger partial charge in [0, 0.05) is 11.1 Å². The summed E-state index contributed by atoms with van der Waals surface area (Å²) in [6.45, 7) is 2.89. The molecule has 0 spiro atoms. The Morgan fingerprint density at radius 1 is 1.33 bits per heavy atom. The van der Waals surface area contributed by atoms with Crippen molar-refractivity contribution in [3.05, 3.63) is 34.1 Å². The third kappa shape index (κ3) is 3.39. The van der Waals surface area contributed by atoms with E-state index in [-0.39, 0.29) is 0 Å². The van der Waals surface area contributed by atoms with Crippen molar-refractivity contribution in [3.63, 3.8) is 0 Å². The van der Waals surface area contributed by atoms with E-state index in [4.69, 9.17) is 27.6 Å². The molecule has 2 aromatic rings. The first-order valence-electron chi connectivity index (χ1n) is 7.02. The Balaban J connectivity index is 1.73. The van der Waals surface area contributed by atoms with Crippen LogP contribution in [0.1, 0.15) is 25.7 Å². The molecule has 1 aromatic carbocycles. The molecule has 1 saturated carbocycles. The van der Waals surface area contributed by atoms with Gasteiger partial charge in [-0.1, -0.05) is 23.2 Å². The molecule has 0 amide bonds. The van der Waals surface area contributed by atoms with Gasteiger partial charge in [-0.15, -0.1) is 10.2 Å². The SMILES string of the molecule is C[C@@H](C1CC1)N(C)Cc1nnc(-c2ccc(Cl)cc2Cl)o1. The quantitative estimate of drug-likeness (QED) is 0.823. The summed E-state index contributed by atoms with van der Waals surface area (Å²) in [6, 6.07) is 5.76. The molecule has 1 aromatic heterocycles. The van der Waals surface area contributed by atoms with Crippen LogP contribution in [-0.2, 0) is 6.54 Å². The lowest BCUT2D eigenvalue weighted by atomic mass is 10.2. The van der Waals surface area contributed by atoms with Crippen molar-refractivity contribution in [1.29, 1.82) is 0 Å². The monoisotopic (exact) mass is 325 g/mol. The Bertz CT molecular complexity index is 640. The summed E-state index contributed by atoms with van der Waals surface area (Å²) in [7, 11) is 2.09. The normalized spacial score (nSPS) is 16.4. The average molecular weight is 326 g/mol. The second-order valence-corrected chi connectivity index (χ2v) is 6.46. The summed E-state index contributed by atoms with van der Waals surface area (Å²) >= 11 is 12.0. The van der Waals surface area contributed by atoms with Gasteiger partial charge >= 0.3 is 0 Å². The maximum Gasteiger partial charge on any atom is 0.249 e. The van der Waals surface area contributed by atoms with Gasteiger partial charge < -0.3 is 4.42 Å². The van der Waals surface area contributed by atoms with Crippen LogP contribution in [0.3, 0.4) is 0 Å². The standard InChI is InChI=1S/C15H17Cl2N3O/c1-9(10-3-4-10)20(2)8-14-18-19-15(21-14)12-6-5-11(16)7-13(12)17/h5-7,9-10H,3-4,8H2,1-2H3/t9-/m0/s1. The van der Waals surface area contributed by atoms with Gasteiger partial charge in [-0.25, -0.2) is 0 Å². The van der Waals surface area contributed by atoms with E-state index in [2.05, 4.69) is 29.1 Å². The van der Waals surface area contributed by atoms with Gasteiger partial charge in [-0.05, 0) is 50.9 Å². The third-order valence-electron chi connectivity index (χ3n) is 4.01. The highest BCUT2D eigenvalue weighted by Gasteiger charge is 2.31. The molecule has 0 bridgehead atoms. The Kier molecular flexibility index (Phi) is 4.20. The van der Waals surface area contributed by atoms with Gasteiger partial charge in [0.25, 0.3) is 0 Å². The maximum absolute atomic E-state index is 6.16. The second-order valence-electron chi connectivity index (χ2n) is 5.62. The highest BCUT2D eigenvalue weighted by molar-refractivity contribution is 6.36. The first kappa shape index (κ1) is 14.8. The molecular formula is C15H17Cl2N3O. The molecule has 0 aliphatic heterocycles. The summed E-state index contributed by atoms with van der Waals surface area (Å²) in [5.41, 5.74) is 0.706. The van der Waals surface area contributed by atoms with Gasteiger partial charge in [-0.3, -0.25) is 4.90 Å². The second kappa shape index (κ2) is 5.95. The lowest BCUT2D eigenvalue weighted by Crippen LogP contribution is -2.30. The summed E-state index contributed by atoms with van der Waals surface area (Å²) in [6.07, 6.45) is 2.64. The largest absolute Gasteiger partial charge is 0.419 e. The van der Waals surface area contributed by atoms with Crippen molar-refractivity contribution in [2.75, 3.05) is 7.05 Å². The zero-order valence-electron chi connectivity index (χ0n) is 12.0. The smallest absolute Gasteiger partial charge is 0.249 e. The van der Waals surface area contributed by atoms with E-state index >= 15 is 0 Å². The molecule has 1 aliphatic carbocycles. The predicted molar refractivity (Wildman–Crippen MR) is 83.4 cm³/mol. The Hall–Kier alpha value is -1.10. The van der Waals surface area contributed by atoms with E-state index in [0.29, 0.717) is 40.0 Å². The summed E-state index contributed by atoms with van der Waals surface area (Å²) in [4.78, 5) is 2.25. The van der Waals surface area contributed by atoms with Crippen LogP contribution >= 0.6 is 23.2 Å². The van der Waals surface area contributed by atoms with Crippen molar-refractivity contribution in [2.45, 2.75) is 32.4 Å². The van der Waals surface area contributed by atoms with Crippen LogP contribution in [0.15, 0.2) is 22.6 Å². The Morgan fingerprint density at radius 2 is 2.10 bits per heavy atom. The first-order chi connectivity index (χ1) is 10.0. The summed E-state index contributed by atoms with van der Waals surface area (Å²) in [5, 5.41) is 9.28. The number of hydrogen-bond donors (Lipinski definition) is 0. The molecule has 1 heterocycles. The molecule has 3 rings (SSSR count). The molecule has 1 aliphatic rings. The van der Waals surface area contributed by atoms with Crippen LogP contribution in [0.4, 0.5) is 0 Å². The third-order valence-corrected chi connectivity index (χ3v) is 4.56. The number of rotatable bonds is 5. The van der Waals surface area contributed by atoms with E-state index in [0.717, 1.165) is 5.92 Å². The molecule has 0 saturated heterocycles. The number of nitrogens with zero attached hydrogens (tertiary/aromatic N) is 3. The lowest BCUT2D eigenvalue weighted by Gasteiger charge is -2.22. The van der Waals surface area contributed by atoms with Gasteiger partial charge in [-0.2, -0.15) is 0 Å². The minimum absolute atomic E-state index is 0.430. The van der Waals surface area contributed by atoms with Crippen molar-refractivity contribution >= 4 is 23.2 Å². The van der Waals surface area contributed by atoms with Crippen molar-refractivity contribution in [2.24, 2.45) is 5.92 Å². The molecule has 4 nitrogen and oxygen atoms in total. The lowest BCUT2D eigenvalue weighted by molar-refractivity contribution is 0.206. The van der Waals surface area contributed by atoms with Crippen molar-refractivity contribution in [1.82, 2.24) is 15.1 Å². The number of aromatic nitrogens is 2. The van der Waals surface area contributed by atoms with Crippen LogP contribution in [0.2, 0.25) is 10.0 Å². The van der Waals surface area contributed by atoms with E-state index in [1.165, 1.54) is 12.8 Å². The number of hydrogen-bond acceptors (Lipinski definition) is 4. The molecule has 0 radical (unpaired) electrons. The molecule has 0 unspecified atom stereocenters. The first-order valence-corrected chi connectivity index (χ1v) is 7.78. The van der Waals surface area contributed by atoms with E-state index < -0.39 is 0 Å². The van der Waals surface area contributed by atoms with Crippen LogP contribution in [0, 0.1) is 5.92 Å². The van der Waals surface area contributed by atoms with E-state index in [1.807, 2.05) is 0 Å². The highest BCUT2D eigenvalue weighted by Crippen LogP contribution is 2.35. The fourth-order valence-electron chi connectivity index (χ4n) is 2.39. The van der Waals surface area contributed by atoms with Crippen molar-refractivity contribution < 1.29 is 4.42 Å². The van der Waals surface area contributed by atoms with E-state index in [9.17, 15) is 0 Å². The fraction of sp³-hybridized carbons (Fsp3) is 0.467. The minimum Gasteiger partial charge on any atom is -0.419 e. The molecule has 1 atom stereocenters. The molecular weight excluding hydrogens is 309 g/mol. The number of benzene rings is 1. The van der Waals surface area contributed by atoms with Gasteiger partial charge in [0.2, 0.25) is 11.8 Å². The van der Waals surface area contributed by atoms with Gasteiger partial charge in [0.05, 0.1) is 17.1 Å². The highest BCUT2D eigenvalue weighted by atomic mass is 35.5. The van der Waals surface area contributed by atoms with Crippen molar-refractivity contribution in [3.8, 4) is 11.5 Å². The van der Waals surface area contributed by atoms with Crippen LogP contribution in [0.5, 0.6) is 0 Å². The van der Waals surface area contributed by atoms with Crippen LogP contribution < -0.4 is 0 Å². The number of halogens is 2. The minimum atomic E-state index is 0.430. The van der Waals surface area contributed by atoms with Crippen LogP contribution in [-0.4, -0.2) is 28.2 Å². The summed E-state index contributed by atoms with van der Waals surface area (Å²) in [5.74, 6) is 1.84. The van der Waals surface area contributed by atoms with Gasteiger partial charge in [0.15, 0.2) is 0 Å². The zero-order chi connectivity index (χ0) is 15.0. The predicted octanol–water partition coefficient (Wildman–Crippen LogP) is 4.27. The Labute approximate surface area is 134 Å². The Morgan fingerprint density at radius 3 is 2.76 bits per heavy atom. The maximum atomic E-state index is 6.16. The molecule has 1 fully saturated rings. The topological polar surface area (TPSA) is 42.2 Å². The molecule has 0 N–H and O–H groups in total. The zero-order valence-corrected chi connectivity index (χ0v) is 13.5. The molecule has 112 valence electrons. The average Bonchev–Trinajstić information content (AvgIpc) is 3.19. The summed E-state index contributed by atoms with van der Waals surface area (Å²) < 4.78 is 5.72.